The maximum atomic E-state index is 6.09. The lowest BCUT2D eigenvalue weighted by Gasteiger charge is -2.36. The van der Waals surface area contributed by atoms with E-state index in [0.29, 0.717) is 0 Å². The van der Waals surface area contributed by atoms with Crippen molar-refractivity contribution in [1.82, 2.24) is 10.1 Å². The second-order valence-corrected chi connectivity index (χ2v) is 6.32. The summed E-state index contributed by atoms with van der Waals surface area (Å²) < 4.78 is 5.27. The first kappa shape index (κ1) is 16.1. The van der Waals surface area contributed by atoms with Crippen LogP contribution in [0.15, 0.2) is 28.8 Å². The summed E-state index contributed by atoms with van der Waals surface area (Å²) in [6, 6.07) is 8.10. The molecule has 124 valence electrons. The van der Waals surface area contributed by atoms with Crippen LogP contribution in [0.5, 0.6) is 0 Å². The van der Waals surface area contributed by atoms with E-state index in [1.165, 1.54) is 11.3 Å². The van der Waals surface area contributed by atoms with E-state index >= 15 is 0 Å². The molecule has 0 atom stereocenters. The van der Waals surface area contributed by atoms with Crippen molar-refractivity contribution in [3.05, 3.63) is 40.5 Å². The second kappa shape index (κ2) is 7.23. The van der Waals surface area contributed by atoms with Gasteiger partial charge in [-0.05, 0) is 31.5 Å². The van der Waals surface area contributed by atoms with Crippen LogP contribution >= 0.6 is 11.6 Å². The van der Waals surface area contributed by atoms with Gasteiger partial charge in [0.05, 0.1) is 5.69 Å². The third-order valence-electron chi connectivity index (χ3n) is 4.44. The van der Waals surface area contributed by atoms with Gasteiger partial charge < -0.3 is 14.7 Å². The Hall–Kier alpha value is -1.72. The van der Waals surface area contributed by atoms with E-state index in [-0.39, 0.29) is 0 Å². The Morgan fingerprint density at radius 2 is 2.04 bits per heavy atom. The molecular formula is C17H23ClN4O. The van der Waals surface area contributed by atoms with Crippen LogP contribution in [0, 0.1) is 6.92 Å². The number of benzene rings is 1. The van der Waals surface area contributed by atoms with E-state index in [2.05, 4.69) is 26.3 Å². The molecule has 3 rings (SSSR count). The van der Waals surface area contributed by atoms with E-state index in [4.69, 9.17) is 16.1 Å². The zero-order valence-corrected chi connectivity index (χ0v) is 14.4. The number of aromatic nitrogens is 1. The van der Waals surface area contributed by atoms with Gasteiger partial charge in [0.1, 0.15) is 0 Å². The molecule has 1 aliphatic rings. The molecule has 0 saturated carbocycles. The Morgan fingerprint density at radius 1 is 1.26 bits per heavy atom. The first-order valence-electron chi connectivity index (χ1n) is 8.03. The fourth-order valence-electron chi connectivity index (χ4n) is 3.05. The monoisotopic (exact) mass is 334 g/mol. The highest BCUT2D eigenvalue weighted by Gasteiger charge is 2.19. The molecule has 1 N–H and O–H groups in total. The number of anilines is 2. The van der Waals surface area contributed by atoms with Crippen molar-refractivity contribution in [2.75, 3.05) is 50.0 Å². The molecule has 5 nitrogen and oxygen atoms in total. The molecular weight excluding hydrogens is 312 g/mol. The van der Waals surface area contributed by atoms with Gasteiger partial charge in [-0.2, -0.15) is 0 Å². The molecule has 1 aliphatic heterocycles. The highest BCUT2D eigenvalue weighted by atomic mass is 35.5. The van der Waals surface area contributed by atoms with Crippen molar-refractivity contribution in [2.24, 2.45) is 0 Å². The summed E-state index contributed by atoms with van der Waals surface area (Å²) in [4.78, 5) is 4.89. The maximum Gasteiger partial charge on any atom is 0.227 e. The zero-order chi connectivity index (χ0) is 16.2. The number of nitrogens with one attached hydrogen (secondary N) is 1. The molecule has 6 heteroatoms. The van der Waals surface area contributed by atoms with Crippen molar-refractivity contribution >= 4 is 23.2 Å². The smallest absolute Gasteiger partial charge is 0.227 e. The molecule has 0 bridgehead atoms. The molecule has 2 aromatic rings. The van der Waals surface area contributed by atoms with E-state index in [0.717, 1.165) is 55.7 Å². The Balaban J connectivity index is 1.52. The molecule has 0 aliphatic carbocycles. The standard InChI is InChI=1S/C17H23ClN4O/c1-13-16(17(19-2)23-20-13)6-7-21-8-10-22(11-9-21)15-5-3-4-14(18)12-15/h3-5,12,19H,6-11H2,1-2H3. The molecule has 0 unspecified atom stereocenters. The number of piperazine rings is 1. The first-order chi connectivity index (χ1) is 11.2. The topological polar surface area (TPSA) is 44.5 Å². The maximum absolute atomic E-state index is 6.09. The predicted molar refractivity (Wildman–Crippen MR) is 94.6 cm³/mol. The molecule has 0 radical (unpaired) electrons. The largest absolute Gasteiger partial charge is 0.369 e. The van der Waals surface area contributed by atoms with Crippen LogP contribution in [0.25, 0.3) is 0 Å². The Kier molecular flexibility index (Phi) is 5.08. The van der Waals surface area contributed by atoms with Gasteiger partial charge in [-0.15, -0.1) is 0 Å². The van der Waals surface area contributed by atoms with E-state index in [1.807, 2.05) is 32.2 Å². The SMILES string of the molecule is CNc1onc(C)c1CCN1CCN(c2cccc(Cl)c2)CC1. The number of hydrogen-bond donors (Lipinski definition) is 1. The summed E-state index contributed by atoms with van der Waals surface area (Å²) in [7, 11) is 1.87. The molecule has 1 aromatic heterocycles. The van der Waals surface area contributed by atoms with Crippen LogP contribution in [-0.4, -0.2) is 49.8 Å². The van der Waals surface area contributed by atoms with Gasteiger partial charge in [0.15, 0.2) is 0 Å². The lowest BCUT2D eigenvalue weighted by molar-refractivity contribution is 0.261. The molecule has 23 heavy (non-hydrogen) atoms. The van der Waals surface area contributed by atoms with Gasteiger partial charge in [-0.1, -0.05) is 22.8 Å². The van der Waals surface area contributed by atoms with Gasteiger partial charge >= 0.3 is 0 Å². The van der Waals surface area contributed by atoms with Gasteiger partial charge in [0.2, 0.25) is 5.88 Å². The average Bonchev–Trinajstić information content (AvgIpc) is 2.93. The fourth-order valence-corrected chi connectivity index (χ4v) is 3.24. The van der Waals surface area contributed by atoms with Crippen LogP contribution < -0.4 is 10.2 Å². The van der Waals surface area contributed by atoms with Crippen molar-refractivity contribution in [2.45, 2.75) is 13.3 Å². The minimum absolute atomic E-state index is 0.792. The third kappa shape index (κ3) is 3.79. The predicted octanol–water partition coefficient (Wildman–Crippen LogP) is 3.04. The Labute approximate surface area is 142 Å². The minimum atomic E-state index is 0.792. The summed E-state index contributed by atoms with van der Waals surface area (Å²) in [5.41, 5.74) is 3.38. The molecule has 2 heterocycles. The summed E-state index contributed by atoms with van der Waals surface area (Å²) in [5.74, 6) is 0.792. The van der Waals surface area contributed by atoms with Crippen LogP contribution in [0.4, 0.5) is 11.6 Å². The van der Waals surface area contributed by atoms with E-state index in [1.54, 1.807) is 0 Å². The Morgan fingerprint density at radius 3 is 2.74 bits per heavy atom. The summed E-state index contributed by atoms with van der Waals surface area (Å²) in [5, 5.41) is 7.90. The zero-order valence-electron chi connectivity index (χ0n) is 13.7. The van der Waals surface area contributed by atoms with Crippen molar-refractivity contribution in [3.8, 4) is 0 Å². The van der Waals surface area contributed by atoms with Gasteiger partial charge in [-0.25, -0.2) is 0 Å². The highest BCUT2D eigenvalue weighted by Crippen LogP contribution is 2.22. The molecule has 1 aromatic carbocycles. The molecule has 1 fully saturated rings. The van der Waals surface area contributed by atoms with Crippen LogP contribution in [0.2, 0.25) is 5.02 Å². The van der Waals surface area contributed by atoms with E-state index < -0.39 is 0 Å². The fraction of sp³-hybridized carbons (Fsp3) is 0.471. The van der Waals surface area contributed by atoms with Gasteiger partial charge in [-0.3, -0.25) is 4.90 Å². The normalized spacial score (nSPS) is 15.9. The summed E-state index contributed by atoms with van der Waals surface area (Å²) in [6.07, 6.45) is 0.961. The average molecular weight is 335 g/mol. The van der Waals surface area contributed by atoms with Crippen LogP contribution in [0.3, 0.4) is 0 Å². The number of hydrogen-bond acceptors (Lipinski definition) is 5. The number of rotatable bonds is 5. The second-order valence-electron chi connectivity index (χ2n) is 5.88. The molecule has 0 spiro atoms. The molecule has 0 amide bonds. The van der Waals surface area contributed by atoms with Crippen molar-refractivity contribution in [1.29, 1.82) is 0 Å². The third-order valence-corrected chi connectivity index (χ3v) is 4.67. The number of nitrogens with zero attached hydrogens (tertiary/aromatic N) is 3. The number of aryl methyl sites for hydroxylation is 1. The van der Waals surface area contributed by atoms with E-state index in [9.17, 15) is 0 Å². The van der Waals surface area contributed by atoms with Crippen LogP contribution in [0.1, 0.15) is 11.3 Å². The lowest BCUT2D eigenvalue weighted by atomic mass is 10.1. The van der Waals surface area contributed by atoms with Crippen molar-refractivity contribution in [3.63, 3.8) is 0 Å². The summed E-state index contributed by atoms with van der Waals surface area (Å²) in [6.45, 7) is 7.21. The van der Waals surface area contributed by atoms with Gasteiger partial charge in [0, 0.05) is 56.0 Å². The van der Waals surface area contributed by atoms with Gasteiger partial charge in [0.25, 0.3) is 0 Å². The highest BCUT2D eigenvalue weighted by molar-refractivity contribution is 6.30. The summed E-state index contributed by atoms with van der Waals surface area (Å²) >= 11 is 6.09. The Bertz CT molecular complexity index is 650. The molecule has 1 saturated heterocycles. The first-order valence-corrected chi connectivity index (χ1v) is 8.41. The minimum Gasteiger partial charge on any atom is -0.369 e. The quantitative estimate of drug-likeness (QED) is 0.910. The lowest BCUT2D eigenvalue weighted by Crippen LogP contribution is -2.47. The number of halogens is 1. The van der Waals surface area contributed by atoms with Crippen LogP contribution in [-0.2, 0) is 6.42 Å². The van der Waals surface area contributed by atoms with Crippen molar-refractivity contribution < 1.29 is 4.52 Å².